The minimum atomic E-state index is 0.0488. The number of nitrogens with zero attached hydrogens (tertiary/aromatic N) is 3. The molecular weight excluding hydrogens is 238 g/mol. The molecule has 1 heterocycles. The molecule has 0 aliphatic heterocycles. The molecule has 0 radical (unpaired) electrons. The van der Waals surface area contributed by atoms with Gasteiger partial charge in [0.2, 0.25) is 11.0 Å². The van der Waals surface area contributed by atoms with Gasteiger partial charge in [0, 0.05) is 13.6 Å². The van der Waals surface area contributed by atoms with Crippen LogP contribution in [0.15, 0.2) is 0 Å². The molecule has 0 aromatic carbocycles. The number of nitrogens with one attached hydrogen (secondary N) is 2. The lowest BCUT2D eigenvalue weighted by Gasteiger charge is -2.17. The molecule has 0 atom stereocenters. The Bertz CT molecular complexity index is 354. The van der Waals surface area contributed by atoms with E-state index in [0.29, 0.717) is 19.6 Å². The van der Waals surface area contributed by atoms with E-state index < -0.39 is 0 Å². The third kappa shape index (κ3) is 4.66. The van der Waals surface area contributed by atoms with Crippen molar-refractivity contribution in [1.29, 1.82) is 0 Å². The minimum Gasteiger partial charge on any atom is -0.363 e. The van der Waals surface area contributed by atoms with E-state index in [0.717, 1.165) is 16.7 Å². The largest absolute Gasteiger partial charge is 0.363 e. The average Bonchev–Trinajstić information content (AvgIpc) is 2.76. The lowest BCUT2D eigenvalue weighted by Crippen LogP contribution is -2.36. The van der Waals surface area contributed by atoms with Crippen molar-refractivity contribution in [2.24, 2.45) is 0 Å². The van der Waals surface area contributed by atoms with Crippen LogP contribution in [0.2, 0.25) is 0 Å². The quantitative estimate of drug-likeness (QED) is 0.746. The van der Waals surface area contributed by atoms with E-state index >= 15 is 0 Å². The van der Waals surface area contributed by atoms with Gasteiger partial charge < -0.3 is 10.6 Å². The maximum absolute atomic E-state index is 11.5. The van der Waals surface area contributed by atoms with Gasteiger partial charge in [-0.05, 0) is 13.5 Å². The second kappa shape index (κ2) is 7.18. The van der Waals surface area contributed by atoms with Crippen LogP contribution < -0.4 is 10.6 Å². The average molecular weight is 257 g/mol. The molecule has 1 aromatic heterocycles. The summed E-state index contributed by atoms with van der Waals surface area (Å²) in [4.78, 5) is 13.5. The minimum absolute atomic E-state index is 0.0488. The Kier molecular flexibility index (Phi) is 5.85. The van der Waals surface area contributed by atoms with Crippen LogP contribution in [0.5, 0.6) is 0 Å². The number of carbonyl (C=O) groups is 1. The van der Waals surface area contributed by atoms with Crippen LogP contribution >= 0.6 is 11.3 Å². The van der Waals surface area contributed by atoms with Crippen LogP contribution in [0.3, 0.4) is 0 Å². The highest BCUT2D eigenvalue weighted by atomic mass is 32.1. The first kappa shape index (κ1) is 13.9. The highest BCUT2D eigenvalue weighted by Crippen LogP contribution is 2.15. The van der Waals surface area contributed by atoms with Crippen molar-refractivity contribution in [3.05, 3.63) is 5.01 Å². The molecule has 0 bridgehead atoms. The van der Waals surface area contributed by atoms with Crippen molar-refractivity contribution >= 4 is 22.4 Å². The first-order valence-corrected chi connectivity index (χ1v) is 6.50. The fourth-order valence-corrected chi connectivity index (χ4v) is 2.08. The van der Waals surface area contributed by atoms with E-state index in [4.69, 9.17) is 0 Å². The summed E-state index contributed by atoms with van der Waals surface area (Å²) in [6.07, 6.45) is 0. The van der Waals surface area contributed by atoms with Gasteiger partial charge in [0.05, 0.1) is 13.1 Å². The molecule has 7 heteroatoms. The van der Waals surface area contributed by atoms with E-state index in [-0.39, 0.29) is 5.91 Å². The highest BCUT2D eigenvalue weighted by molar-refractivity contribution is 7.15. The van der Waals surface area contributed by atoms with E-state index in [2.05, 4.69) is 20.8 Å². The first-order chi connectivity index (χ1) is 8.19. The molecule has 1 aromatic rings. The summed E-state index contributed by atoms with van der Waals surface area (Å²) in [6.45, 7) is 6.48. The number of likely N-dealkylation sites (N-methyl/N-ethyl adjacent to an activating group) is 2. The van der Waals surface area contributed by atoms with Crippen LogP contribution in [-0.4, -0.2) is 47.7 Å². The smallest absolute Gasteiger partial charge is 0.234 e. The molecule has 0 saturated carbocycles. The molecule has 0 saturated heterocycles. The van der Waals surface area contributed by atoms with Gasteiger partial charge in [-0.25, -0.2) is 0 Å². The summed E-state index contributed by atoms with van der Waals surface area (Å²) < 4.78 is 0. The van der Waals surface area contributed by atoms with Crippen molar-refractivity contribution < 1.29 is 4.79 Å². The molecule has 6 nitrogen and oxygen atoms in total. The summed E-state index contributed by atoms with van der Waals surface area (Å²) in [5, 5.41) is 15.5. The van der Waals surface area contributed by atoms with E-state index in [1.54, 1.807) is 0 Å². The fraction of sp³-hybridized carbons (Fsp3) is 0.700. The molecule has 1 amide bonds. The normalized spacial score (nSPS) is 10.6. The fourth-order valence-electron chi connectivity index (χ4n) is 1.35. The van der Waals surface area contributed by atoms with Crippen LogP contribution in [-0.2, 0) is 11.3 Å². The van der Waals surface area contributed by atoms with Gasteiger partial charge in [0.1, 0.15) is 5.01 Å². The molecule has 96 valence electrons. The van der Waals surface area contributed by atoms with Crippen LogP contribution in [0.1, 0.15) is 18.9 Å². The van der Waals surface area contributed by atoms with Gasteiger partial charge in [-0.2, -0.15) is 0 Å². The predicted molar refractivity (Wildman–Crippen MR) is 69.1 cm³/mol. The van der Waals surface area contributed by atoms with Crippen molar-refractivity contribution in [1.82, 2.24) is 20.4 Å². The second-order valence-electron chi connectivity index (χ2n) is 3.51. The predicted octanol–water partition coefficient (Wildman–Crippen LogP) is 0.538. The number of anilines is 1. The molecular formula is C10H19N5OS. The van der Waals surface area contributed by atoms with E-state index in [1.807, 2.05) is 25.8 Å². The zero-order valence-corrected chi connectivity index (χ0v) is 11.3. The van der Waals surface area contributed by atoms with Gasteiger partial charge in [0.25, 0.3) is 0 Å². The number of rotatable bonds is 7. The Morgan fingerprint density at radius 1 is 1.41 bits per heavy atom. The molecule has 1 rings (SSSR count). The number of hydrogen-bond donors (Lipinski definition) is 2. The molecule has 0 unspecified atom stereocenters. The number of hydrogen-bond acceptors (Lipinski definition) is 6. The molecule has 0 fully saturated rings. The van der Waals surface area contributed by atoms with Gasteiger partial charge in [-0.1, -0.05) is 18.3 Å². The third-order valence-electron chi connectivity index (χ3n) is 2.23. The summed E-state index contributed by atoms with van der Waals surface area (Å²) in [5.41, 5.74) is 0. The Labute approximate surface area is 105 Å². The molecule has 2 N–H and O–H groups in total. The van der Waals surface area contributed by atoms with Crippen molar-refractivity contribution in [3.8, 4) is 0 Å². The highest BCUT2D eigenvalue weighted by Gasteiger charge is 2.11. The summed E-state index contributed by atoms with van der Waals surface area (Å²) >= 11 is 1.51. The molecule has 17 heavy (non-hydrogen) atoms. The summed E-state index contributed by atoms with van der Waals surface area (Å²) in [7, 11) is 1.82. The number of aromatic nitrogens is 2. The van der Waals surface area contributed by atoms with Gasteiger partial charge in [0.15, 0.2) is 0 Å². The number of carbonyl (C=O) groups excluding carboxylic acids is 1. The molecule has 0 aliphatic rings. The first-order valence-electron chi connectivity index (χ1n) is 5.68. The van der Waals surface area contributed by atoms with Crippen LogP contribution in [0.25, 0.3) is 0 Å². The van der Waals surface area contributed by atoms with Crippen molar-refractivity contribution in [3.63, 3.8) is 0 Å². The van der Waals surface area contributed by atoms with E-state index in [9.17, 15) is 4.79 Å². The molecule has 0 aliphatic carbocycles. The Balaban J connectivity index is 2.48. The summed E-state index contributed by atoms with van der Waals surface area (Å²) in [6, 6.07) is 0. The lowest BCUT2D eigenvalue weighted by atomic mass is 10.4. The van der Waals surface area contributed by atoms with Crippen molar-refractivity contribution in [2.45, 2.75) is 20.4 Å². The maximum atomic E-state index is 11.5. The number of amides is 1. The van der Waals surface area contributed by atoms with Crippen LogP contribution in [0, 0.1) is 0 Å². The Hall–Kier alpha value is -1.21. The topological polar surface area (TPSA) is 70.2 Å². The SMILES string of the molecule is CCNC(=O)CN(CC)Cc1nnc(NC)s1. The van der Waals surface area contributed by atoms with E-state index in [1.165, 1.54) is 11.3 Å². The van der Waals surface area contributed by atoms with Crippen LogP contribution in [0.4, 0.5) is 5.13 Å². The lowest BCUT2D eigenvalue weighted by molar-refractivity contribution is -0.122. The maximum Gasteiger partial charge on any atom is 0.234 e. The zero-order chi connectivity index (χ0) is 12.7. The summed E-state index contributed by atoms with van der Waals surface area (Å²) in [5.74, 6) is 0.0488. The standard InChI is InChI=1S/C10H19N5OS/c1-4-12-8(16)6-15(5-2)7-9-13-14-10(11-3)17-9/h4-7H2,1-3H3,(H,11,14)(H,12,16). The third-order valence-corrected chi connectivity index (χ3v) is 3.15. The zero-order valence-electron chi connectivity index (χ0n) is 10.5. The Morgan fingerprint density at radius 2 is 2.18 bits per heavy atom. The van der Waals surface area contributed by atoms with Gasteiger partial charge in [-0.3, -0.25) is 9.69 Å². The second-order valence-corrected chi connectivity index (χ2v) is 4.57. The molecule has 0 spiro atoms. The monoisotopic (exact) mass is 257 g/mol. The van der Waals surface area contributed by atoms with Gasteiger partial charge in [-0.15, -0.1) is 10.2 Å². The van der Waals surface area contributed by atoms with Gasteiger partial charge >= 0.3 is 0 Å². The Morgan fingerprint density at radius 3 is 2.71 bits per heavy atom. The van der Waals surface area contributed by atoms with Crippen molar-refractivity contribution in [2.75, 3.05) is 32.0 Å².